The largest absolute Gasteiger partial charge is 0.352 e. The van der Waals surface area contributed by atoms with E-state index in [2.05, 4.69) is 24.1 Å². The number of fused-ring (bicyclic) bond motifs is 1. The highest BCUT2D eigenvalue weighted by Crippen LogP contribution is 2.14. The third-order valence-electron chi connectivity index (χ3n) is 3.49. The van der Waals surface area contributed by atoms with Crippen LogP contribution in [0, 0.1) is 19.8 Å². The van der Waals surface area contributed by atoms with Crippen molar-refractivity contribution < 1.29 is 4.79 Å². The highest BCUT2D eigenvalue weighted by molar-refractivity contribution is 6.00. The van der Waals surface area contributed by atoms with Gasteiger partial charge in [-0.3, -0.25) is 4.79 Å². The van der Waals surface area contributed by atoms with Crippen molar-refractivity contribution in [3.63, 3.8) is 0 Å². The van der Waals surface area contributed by atoms with Crippen LogP contribution in [-0.2, 0) is 0 Å². The minimum absolute atomic E-state index is 0.0414. The number of rotatable bonds is 4. The second-order valence-electron chi connectivity index (χ2n) is 5.19. The Balaban J connectivity index is 2.28. The molecule has 2 rings (SSSR count). The monoisotopic (exact) mass is 259 g/mol. The van der Waals surface area contributed by atoms with Crippen molar-refractivity contribution in [1.82, 2.24) is 14.7 Å². The van der Waals surface area contributed by atoms with Gasteiger partial charge < -0.3 is 9.72 Å². The lowest BCUT2D eigenvalue weighted by Gasteiger charge is -2.10. The van der Waals surface area contributed by atoms with Crippen molar-refractivity contribution in [2.45, 2.75) is 34.1 Å². The molecular weight excluding hydrogens is 238 g/mol. The predicted octanol–water partition coefficient (Wildman–Crippen LogP) is 2.73. The van der Waals surface area contributed by atoms with E-state index in [1.165, 1.54) is 0 Å². The van der Waals surface area contributed by atoms with E-state index in [1.54, 1.807) is 0 Å². The predicted molar refractivity (Wildman–Crippen MR) is 76.5 cm³/mol. The summed E-state index contributed by atoms with van der Waals surface area (Å²) in [6.45, 7) is 8.92. The number of hydrogen-bond acceptors (Lipinski definition) is 2. The van der Waals surface area contributed by atoms with Gasteiger partial charge >= 0.3 is 0 Å². The van der Waals surface area contributed by atoms with Gasteiger partial charge in [-0.05, 0) is 31.9 Å². The average molecular weight is 259 g/mol. The van der Waals surface area contributed by atoms with Crippen molar-refractivity contribution in [1.29, 1.82) is 0 Å². The van der Waals surface area contributed by atoms with Crippen LogP contribution >= 0.6 is 0 Å². The summed E-state index contributed by atoms with van der Waals surface area (Å²) >= 11 is 0. The molecule has 0 spiro atoms. The van der Waals surface area contributed by atoms with Crippen molar-refractivity contribution in [3.05, 3.63) is 35.3 Å². The van der Waals surface area contributed by atoms with Gasteiger partial charge in [0.15, 0.2) is 0 Å². The molecule has 4 nitrogen and oxygen atoms in total. The van der Waals surface area contributed by atoms with E-state index < -0.39 is 0 Å². The number of carbonyl (C=O) groups excluding carboxylic acids is 1. The number of carbonyl (C=O) groups is 1. The van der Waals surface area contributed by atoms with Crippen LogP contribution in [0.4, 0.5) is 0 Å². The zero-order chi connectivity index (χ0) is 14.0. The molecule has 1 atom stereocenters. The van der Waals surface area contributed by atoms with Crippen molar-refractivity contribution >= 4 is 11.6 Å². The van der Waals surface area contributed by atoms with E-state index in [0.717, 1.165) is 23.5 Å². The van der Waals surface area contributed by atoms with Crippen LogP contribution < -0.4 is 5.32 Å². The quantitative estimate of drug-likeness (QED) is 0.917. The van der Waals surface area contributed by atoms with Crippen LogP contribution in [0.25, 0.3) is 5.65 Å². The molecule has 0 aliphatic rings. The van der Waals surface area contributed by atoms with Crippen LogP contribution in [0.5, 0.6) is 0 Å². The highest BCUT2D eigenvalue weighted by atomic mass is 16.1. The summed E-state index contributed by atoms with van der Waals surface area (Å²) in [5, 5.41) is 2.97. The van der Waals surface area contributed by atoms with E-state index in [4.69, 9.17) is 0 Å². The Kier molecular flexibility index (Phi) is 3.88. The first-order valence-electron chi connectivity index (χ1n) is 6.76. The van der Waals surface area contributed by atoms with Gasteiger partial charge in [0.25, 0.3) is 5.91 Å². The molecule has 0 bridgehead atoms. The zero-order valence-electron chi connectivity index (χ0n) is 12.0. The number of aromatic nitrogens is 2. The fourth-order valence-corrected chi connectivity index (χ4v) is 2.08. The lowest BCUT2D eigenvalue weighted by atomic mass is 10.1. The first-order chi connectivity index (χ1) is 9.02. The normalized spacial score (nSPS) is 12.6. The SMILES string of the molecule is CCC(C)CNC(=O)c1ccn2c(C)cc(C)nc12. The minimum atomic E-state index is -0.0414. The second-order valence-corrected chi connectivity index (χ2v) is 5.19. The lowest BCUT2D eigenvalue weighted by molar-refractivity contribution is 0.0949. The first-order valence-corrected chi connectivity index (χ1v) is 6.76. The molecule has 2 aromatic rings. The summed E-state index contributed by atoms with van der Waals surface area (Å²) < 4.78 is 1.95. The summed E-state index contributed by atoms with van der Waals surface area (Å²) in [5.41, 5.74) is 3.40. The molecule has 0 aromatic carbocycles. The molecule has 0 fully saturated rings. The van der Waals surface area contributed by atoms with Gasteiger partial charge in [0.1, 0.15) is 5.65 Å². The molecule has 0 radical (unpaired) electrons. The van der Waals surface area contributed by atoms with Crippen LogP contribution in [0.15, 0.2) is 18.3 Å². The van der Waals surface area contributed by atoms with Gasteiger partial charge in [-0.15, -0.1) is 0 Å². The maximum atomic E-state index is 12.2. The second kappa shape index (κ2) is 5.43. The van der Waals surface area contributed by atoms with Gasteiger partial charge in [0, 0.05) is 24.1 Å². The maximum absolute atomic E-state index is 12.2. The summed E-state index contributed by atoms with van der Waals surface area (Å²) in [6.07, 6.45) is 2.96. The van der Waals surface area contributed by atoms with Gasteiger partial charge in [0.05, 0.1) is 5.56 Å². The highest BCUT2D eigenvalue weighted by Gasteiger charge is 2.14. The van der Waals surface area contributed by atoms with Crippen LogP contribution in [0.3, 0.4) is 0 Å². The Bertz CT molecular complexity index is 601. The van der Waals surface area contributed by atoms with Crippen molar-refractivity contribution in [3.8, 4) is 0 Å². The fourth-order valence-electron chi connectivity index (χ4n) is 2.08. The standard InChI is InChI=1S/C15H21N3O/c1-5-10(2)9-16-15(19)13-6-7-18-12(4)8-11(3)17-14(13)18/h6-8,10H,5,9H2,1-4H3,(H,16,19). The van der Waals surface area contributed by atoms with Crippen LogP contribution in [-0.4, -0.2) is 21.8 Å². The molecule has 1 unspecified atom stereocenters. The van der Waals surface area contributed by atoms with Gasteiger partial charge in [0.2, 0.25) is 0 Å². The zero-order valence-corrected chi connectivity index (χ0v) is 12.0. The Morgan fingerprint density at radius 1 is 1.47 bits per heavy atom. The van der Waals surface area contributed by atoms with Crippen LogP contribution in [0.1, 0.15) is 42.0 Å². The fraction of sp³-hybridized carbons (Fsp3) is 0.467. The maximum Gasteiger partial charge on any atom is 0.255 e. The molecule has 2 aromatic heterocycles. The summed E-state index contributed by atoms with van der Waals surface area (Å²) in [4.78, 5) is 16.7. The Morgan fingerprint density at radius 3 is 2.89 bits per heavy atom. The third-order valence-corrected chi connectivity index (χ3v) is 3.49. The van der Waals surface area contributed by atoms with E-state index in [-0.39, 0.29) is 5.91 Å². The van der Waals surface area contributed by atoms with Crippen LogP contribution in [0.2, 0.25) is 0 Å². The van der Waals surface area contributed by atoms with E-state index in [0.29, 0.717) is 18.0 Å². The number of hydrogen-bond donors (Lipinski definition) is 1. The Morgan fingerprint density at radius 2 is 2.21 bits per heavy atom. The summed E-state index contributed by atoms with van der Waals surface area (Å²) in [7, 11) is 0. The van der Waals surface area contributed by atoms with Gasteiger partial charge in [-0.25, -0.2) is 4.98 Å². The van der Waals surface area contributed by atoms with E-state index >= 15 is 0 Å². The lowest BCUT2D eigenvalue weighted by Crippen LogP contribution is -2.28. The summed E-state index contributed by atoms with van der Waals surface area (Å²) in [5.74, 6) is 0.453. The van der Waals surface area contributed by atoms with Crippen molar-refractivity contribution in [2.75, 3.05) is 6.54 Å². The number of nitrogens with one attached hydrogen (secondary N) is 1. The molecule has 0 saturated heterocycles. The van der Waals surface area contributed by atoms with E-state index in [1.807, 2.05) is 36.6 Å². The molecule has 0 saturated carbocycles. The average Bonchev–Trinajstić information content (AvgIpc) is 2.79. The van der Waals surface area contributed by atoms with Crippen molar-refractivity contribution in [2.24, 2.45) is 5.92 Å². The molecule has 2 heterocycles. The molecule has 0 aliphatic heterocycles. The Labute approximate surface area is 113 Å². The molecular formula is C15H21N3O. The first kappa shape index (κ1) is 13.6. The molecule has 102 valence electrons. The third kappa shape index (κ3) is 2.78. The smallest absolute Gasteiger partial charge is 0.255 e. The summed E-state index contributed by atoms with van der Waals surface area (Å²) in [6, 6.07) is 3.84. The number of amides is 1. The van der Waals surface area contributed by atoms with Gasteiger partial charge in [-0.1, -0.05) is 20.3 Å². The molecule has 1 N–H and O–H groups in total. The molecule has 0 aliphatic carbocycles. The number of nitrogens with zero attached hydrogens (tertiary/aromatic N) is 2. The minimum Gasteiger partial charge on any atom is -0.352 e. The molecule has 19 heavy (non-hydrogen) atoms. The molecule has 4 heteroatoms. The van der Waals surface area contributed by atoms with Gasteiger partial charge in [-0.2, -0.15) is 0 Å². The Hall–Kier alpha value is -1.84. The number of aryl methyl sites for hydroxylation is 2. The van der Waals surface area contributed by atoms with E-state index in [9.17, 15) is 4.79 Å². The molecule has 1 amide bonds. The topological polar surface area (TPSA) is 46.4 Å².